The number of nitrogens with zero attached hydrogens (tertiary/aromatic N) is 2. The number of sulfonamides is 1. The first-order valence-corrected chi connectivity index (χ1v) is 21.0. The number of ether oxygens (including phenoxy) is 4. The molecule has 5 atom stereocenters. The fraction of sp³-hybridized carbons (Fsp3) is 0.625. The summed E-state index contributed by atoms with van der Waals surface area (Å²) in [4.78, 5) is 62.1. The Morgan fingerprint density at radius 2 is 1.86 bits per heavy atom. The quantitative estimate of drug-likeness (QED) is 0.301. The van der Waals surface area contributed by atoms with Crippen LogP contribution in [0.15, 0.2) is 30.4 Å². The molecule has 15 nitrogen and oxygen atoms in total. The van der Waals surface area contributed by atoms with Gasteiger partial charge in [-0.2, -0.15) is 0 Å². The van der Waals surface area contributed by atoms with E-state index in [-0.39, 0.29) is 19.4 Å². The molecule has 3 fully saturated rings. The van der Waals surface area contributed by atoms with Gasteiger partial charge in [0.15, 0.2) is 0 Å². The molecule has 3 N–H and O–H groups in total. The summed E-state index contributed by atoms with van der Waals surface area (Å²) in [6.07, 6.45) is 6.58. The predicted octanol–water partition coefficient (Wildman–Crippen LogP) is 4.59. The van der Waals surface area contributed by atoms with E-state index in [1.54, 1.807) is 40.9 Å². The smallest absolute Gasteiger partial charge is 0.408 e. The van der Waals surface area contributed by atoms with Gasteiger partial charge in [-0.05, 0) is 92.2 Å². The number of hydrogen-bond donors (Lipinski definition) is 3. The van der Waals surface area contributed by atoms with Crippen LogP contribution in [0.5, 0.6) is 17.4 Å². The second kappa shape index (κ2) is 15.7. The summed E-state index contributed by atoms with van der Waals surface area (Å²) in [6, 6.07) is 3.16. The Balaban J connectivity index is 1.35. The lowest BCUT2D eigenvalue weighted by Crippen LogP contribution is -2.58. The van der Waals surface area contributed by atoms with Crippen molar-refractivity contribution >= 4 is 44.7 Å². The fourth-order valence-electron chi connectivity index (χ4n) is 7.47. The molecule has 0 radical (unpaired) electrons. The highest BCUT2D eigenvalue weighted by Crippen LogP contribution is 2.47. The summed E-state index contributed by atoms with van der Waals surface area (Å²) in [5, 5.41) is 6.32. The molecule has 1 aromatic carbocycles. The molecule has 2 aliphatic carbocycles. The van der Waals surface area contributed by atoms with Gasteiger partial charge in [-0.15, -0.1) is 0 Å². The van der Waals surface area contributed by atoms with Crippen molar-refractivity contribution in [3.8, 4) is 17.4 Å². The van der Waals surface area contributed by atoms with Crippen molar-refractivity contribution in [2.75, 3.05) is 20.3 Å². The minimum Gasteiger partial charge on any atom is -0.496 e. The lowest BCUT2D eigenvalue weighted by atomic mass is 10.0. The minimum atomic E-state index is -4.00. The third-order valence-electron chi connectivity index (χ3n) is 11.1. The molecule has 2 aliphatic heterocycles. The summed E-state index contributed by atoms with van der Waals surface area (Å²) in [7, 11) is -2.43. The lowest BCUT2D eigenvalue weighted by Gasteiger charge is -2.30. The van der Waals surface area contributed by atoms with E-state index >= 15 is 0 Å². The number of hydrogen-bond acceptors (Lipinski definition) is 11. The summed E-state index contributed by atoms with van der Waals surface area (Å²) >= 11 is 0. The number of pyridine rings is 1. The number of benzene rings is 1. The van der Waals surface area contributed by atoms with Crippen molar-refractivity contribution < 1.29 is 46.5 Å². The Bertz CT molecular complexity index is 2010. The molecule has 1 saturated heterocycles. The lowest BCUT2D eigenvalue weighted by molar-refractivity contribution is -0.141. The zero-order valence-electron chi connectivity index (χ0n) is 33.4. The highest BCUT2D eigenvalue weighted by molar-refractivity contribution is 7.91. The Morgan fingerprint density at radius 1 is 1.11 bits per heavy atom. The van der Waals surface area contributed by atoms with E-state index in [4.69, 9.17) is 18.9 Å². The molecule has 1 aromatic heterocycles. The number of aryl methyl sites for hydroxylation is 1. The summed E-state index contributed by atoms with van der Waals surface area (Å²) in [5.41, 5.74) is -0.970. The molecule has 5 unspecified atom stereocenters. The number of amides is 4. The van der Waals surface area contributed by atoms with Crippen molar-refractivity contribution in [1.82, 2.24) is 25.2 Å². The van der Waals surface area contributed by atoms with Gasteiger partial charge >= 0.3 is 6.09 Å². The maximum absolute atomic E-state index is 14.6. The molecule has 306 valence electrons. The van der Waals surface area contributed by atoms with Crippen molar-refractivity contribution in [1.29, 1.82) is 0 Å². The first kappa shape index (κ1) is 41.0. The molecule has 2 saturated carbocycles. The summed E-state index contributed by atoms with van der Waals surface area (Å²) < 4.78 is 51.1. The largest absolute Gasteiger partial charge is 0.496 e. The third-order valence-corrected chi connectivity index (χ3v) is 13.3. The number of carbonyl (C=O) groups excluding carboxylic acids is 4. The van der Waals surface area contributed by atoms with E-state index in [1.807, 2.05) is 38.1 Å². The van der Waals surface area contributed by atoms with Crippen LogP contribution in [-0.2, 0) is 29.1 Å². The van der Waals surface area contributed by atoms with Crippen molar-refractivity contribution in [2.45, 2.75) is 133 Å². The molecule has 6 rings (SSSR count). The van der Waals surface area contributed by atoms with Gasteiger partial charge in [0.25, 0.3) is 5.91 Å². The van der Waals surface area contributed by atoms with Crippen molar-refractivity contribution in [2.24, 2.45) is 5.92 Å². The average Bonchev–Trinajstić information content (AvgIpc) is 4.00. The van der Waals surface area contributed by atoms with Crippen LogP contribution in [0.1, 0.15) is 98.0 Å². The molecular weight excluding hydrogens is 743 g/mol. The van der Waals surface area contributed by atoms with Gasteiger partial charge in [0.05, 0.1) is 30.5 Å². The zero-order valence-corrected chi connectivity index (χ0v) is 34.2. The highest BCUT2D eigenvalue weighted by Gasteiger charge is 2.63. The first-order valence-electron chi connectivity index (χ1n) is 19.5. The SMILES string of the molecule is CCOc1cc(OC2CC3C(=O)NC4(C(=O)NS(=O)(=O)C5(C)CC5)CC4C=CCCCCCC(NC(=O)OC(C)(C)C)C(=O)N3C2)c2ccc(OC)c(C)c2n1. The average molecular weight is 798 g/mol. The molecule has 4 amide bonds. The molecule has 0 bridgehead atoms. The second-order valence-electron chi connectivity index (χ2n) is 16.6. The molecule has 3 heterocycles. The maximum atomic E-state index is 14.6. The topological polar surface area (TPSA) is 192 Å². The number of alkyl carbamates (subject to hydrolysis) is 1. The van der Waals surface area contributed by atoms with Crippen LogP contribution in [0.25, 0.3) is 10.9 Å². The molecule has 56 heavy (non-hydrogen) atoms. The number of nitrogens with one attached hydrogen (secondary N) is 3. The molecule has 2 aromatic rings. The number of allylic oxidation sites excluding steroid dienone is 1. The standard InChI is InChI=1S/C40H55N5O10S/c1-8-53-32-21-31(27-16-17-30(52-7)24(2)33(27)42-32)54-26-20-29-34(46)43-40(36(48)44-56(50,51)39(6)18-19-39)22-25(40)14-12-10-9-11-13-15-28(35(47)45(29)23-26)41-37(49)55-38(3,4)5/h12,14,16-17,21,25-26,28-29H,8-11,13,15,18-20,22-23H2,1-7H3,(H,41,49)(H,43,46)(H,44,48). The zero-order chi connectivity index (χ0) is 40.6. The Labute approximate surface area is 328 Å². The molecule has 16 heteroatoms. The van der Waals surface area contributed by atoms with Gasteiger partial charge in [-0.3, -0.25) is 19.1 Å². The molecule has 0 spiro atoms. The van der Waals surface area contributed by atoms with Crippen molar-refractivity contribution in [3.63, 3.8) is 0 Å². The van der Waals surface area contributed by atoms with Crippen LogP contribution in [0, 0.1) is 12.8 Å². The highest BCUT2D eigenvalue weighted by atomic mass is 32.2. The van der Waals surface area contributed by atoms with E-state index in [0.29, 0.717) is 67.0 Å². The van der Waals surface area contributed by atoms with Crippen LogP contribution in [0.2, 0.25) is 0 Å². The van der Waals surface area contributed by atoms with Crippen LogP contribution in [-0.4, -0.2) is 96.5 Å². The Kier molecular flexibility index (Phi) is 11.5. The van der Waals surface area contributed by atoms with Gasteiger partial charge in [0, 0.05) is 29.4 Å². The van der Waals surface area contributed by atoms with E-state index < -0.39 is 73.8 Å². The Morgan fingerprint density at radius 3 is 2.54 bits per heavy atom. The minimum absolute atomic E-state index is 0.0262. The molecule has 4 aliphatic rings. The van der Waals surface area contributed by atoms with Crippen LogP contribution >= 0.6 is 0 Å². The van der Waals surface area contributed by atoms with Crippen LogP contribution in [0.3, 0.4) is 0 Å². The number of fused-ring (bicyclic) bond motifs is 3. The Hall–Kier alpha value is -4.60. The predicted molar refractivity (Wildman–Crippen MR) is 208 cm³/mol. The number of methoxy groups -OCH3 is 1. The number of carbonyl (C=O) groups is 4. The normalized spacial score (nSPS) is 26.4. The van der Waals surface area contributed by atoms with E-state index in [9.17, 15) is 27.6 Å². The maximum Gasteiger partial charge on any atom is 0.408 e. The van der Waals surface area contributed by atoms with E-state index in [2.05, 4.69) is 20.3 Å². The molecular formula is C40H55N5O10S. The third kappa shape index (κ3) is 8.69. The number of rotatable bonds is 9. The second-order valence-corrected chi connectivity index (χ2v) is 18.8. The number of aromatic nitrogens is 1. The van der Waals surface area contributed by atoms with Crippen molar-refractivity contribution in [3.05, 3.63) is 35.9 Å². The van der Waals surface area contributed by atoms with Gasteiger partial charge in [0.2, 0.25) is 27.7 Å². The van der Waals surface area contributed by atoms with Gasteiger partial charge in [-0.1, -0.05) is 25.0 Å². The monoisotopic (exact) mass is 797 g/mol. The van der Waals surface area contributed by atoms with Crippen LogP contribution < -0.4 is 29.6 Å². The van der Waals surface area contributed by atoms with E-state index in [1.165, 1.54) is 4.90 Å². The summed E-state index contributed by atoms with van der Waals surface area (Å²) in [5.74, 6) is -0.998. The van der Waals surface area contributed by atoms with Gasteiger partial charge < -0.3 is 34.5 Å². The van der Waals surface area contributed by atoms with Crippen LogP contribution in [0.4, 0.5) is 4.79 Å². The van der Waals surface area contributed by atoms with Gasteiger partial charge in [-0.25, -0.2) is 18.2 Å². The van der Waals surface area contributed by atoms with Gasteiger partial charge in [0.1, 0.15) is 40.8 Å². The first-order chi connectivity index (χ1) is 26.4. The fourth-order valence-corrected chi connectivity index (χ4v) is 8.79. The van der Waals surface area contributed by atoms with E-state index in [0.717, 1.165) is 18.4 Å². The summed E-state index contributed by atoms with van der Waals surface area (Å²) in [6.45, 7) is 10.8.